The molecule has 1 fully saturated rings. The van der Waals surface area contributed by atoms with Crippen molar-refractivity contribution in [3.63, 3.8) is 0 Å². The van der Waals surface area contributed by atoms with E-state index in [4.69, 9.17) is 0 Å². The molecular formula is C15H24N2. The van der Waals surface area contributed by atoms with Gasteiger partial charge in [0, 0.05) is 19.1 Å². The summed E-state index contributed by atoms with van der Waals surface area (Å²) >= 11 is 0. The number of likely N-dealkylation sites (N-methyl/N-ethyl adjacent to an activating group) is 1. The summed E-state index contributed by atoms with van der Waals surface area (Å²) in [5.41, 5.74) is 1.90. The molecule has 2 heteroatoms. The summed E-state index contributed by atoms with van der Waals surface area (Å²) in [7, 11) is 2.04. The Kier molecular flexibility index (Phi) is 3.85. The van der Waals surface area contributed by atoms with Gasteiger partial charge in [0.15, 0.2) is 0 Å². The summed E-state index contributed by atoms with van der Waals surface area (Å²) in [5, 5.41) is 3.33. The number of likely N-dealkylation sites (tertiary alicyclic amines) is 1. The van der Waals surface area contributed by atoms with E-state index in [1.807, 2.05) is 7.05 Å². The van der Waals surface area contributed by atoms with E-state index in [0.717, 1.165) is 6.54 Å². The maximum absolute atomic E-state index is 3.33. The van der Waals surface area contributed by atoms with Crippen LogP contribution in [0, 0.1) is 5.41 Å². The third kappa shape index (κ3) is 3.08. The lowest BCUT2D eigenvalue weighted by Gasteiger charge is -2.29. The summed E-state index contributed by atoms with van der Waals surface area (Å²) in [4.78, 5) is 2.62. The Morgan fingerprint density at radius 2 is 2.00 bits per heavy atom. The zero-order chi connectivity index (χ0) is 12.3. The van der Waals surface area contributed by atoms with Crippen molar-refractivity contribution >= 4 is 0 Å². The van der Waals surface area contributed by atoms with Gasteiger partial charge in [-0.1, -0.05) is 44.2 Å². The molecule has 1 N–H and O–H groups in total. The van der Waals surface area contributed by atoms with Crippen LogP contribution < -0.4 is 5.32 Å². The van der Waals surface area contributed by atoms with Crippen LogP contribution in [0.3, 0.4) is 0 Å². The Labute approximate surface area is 105 Å². The van der Waals surface area contributed by atoms with Crippen molar-refractivity contribution in [1.82, 2.24) is 10.2 Å². The maximum atomic E-state index is 3.33. The first-order chi connectivity index (χ1) is 8.12. The lowest BCUT2D eigenvalue weighted by Crippen LogP contribution is -2.34. The van der Waals surface area contributed by atoms with Crippen molar-refractivity contribution in [3.05, 3.63) is 35.9 Å². The quantitative estimate of drug-likeness (QED) is 0.858. The minimum Gasteiger partial charge on any atom is -0.318 e. The number of nitrogens with zero attached hydrogens (tertiary/aromatic N) is 1. The minimum absolute atomic E-state index is 0.473. The molecule has 1 heterocycles. The van der Waals surface area contributed by atoms with E-state index in [1.165, 1.54) is 25.1 Å². The summed E-state index contributed by atoms with van der Waals surface area (Å²) < 4.78 is 0. The monoisotopic (exact) mass is 232 g/mol. The van der Waals surface area contributed by atoms with Crippen LogP contribution in [0.15, 0.2) is 30.3 Å². The summed E-state index contributed by atoms with van der Waals surface area (Å²) in [6, 6.07) is 11.4. The second-order valence-electron chi connectivity index (χ2n) is 5.87. The molecule has 2 nitrogen and oxygen atoms in total. The molecule has 17 heavy (non-hydrogen) atoms. The molecule has 1 unspecified atom stereocenters. The van der Waals surface area contributed by atoms with E-state index in [-0.39, 0.29) is 0 Å². The predicted octanol–water partition coefficient (Wildman–Crippen LogP) is 2.68. The molecule has 0 aromatic heterocycles. The lowest BCUT2D eigenvalue weighted by atomic mass is 9.93. The van der Waals surface area contributed by atoms with E-state index >= 15 is 0 Å². The Morgan fingerprint density at radius 3 is 2.53 bits per heavy atom. The smallest absolute Gasteiger partial charge is 0.0472 e. The Morgan fingerprint density at radius 1 is 1.29 bits per heavy atom. The normalized spacial score (nSPS) is 21.6. The van der Waals surface area contributed by atoms with E-state index in [0.29, 0.717) is 11.5 Å². The van der Waals surface area contributed by atoms with Crippen LogP contribution >= 0.6 is 0 Å². The number of nitrogens with one attached hydrogen (secondary N) is 1. The molecule has 0 bridgehead atoms. The van der Waals surface area contributed by atoms with E-state index in [9.17, 15) is 0 Å². The first-order valence-corrected chi connectivity index (χ1v) is 6.56. The summed E-state index contributed by atoms with van der Waals surface area (Å²) in [5.74, 6) is 0. The van der Waals surface area contributed by atoms with E-state index in [1.54, 1.807) is 0 Å². The highest BCUT2D eigenvalue weighted by Crippen LogP contribution is 2.34. The van der Waals surface area contributed by atoms with E-state index in [2.05, 4.69) is 54.4 Å². The fourth-order valence-electron chi connectivity index (χ4n) is 2.75. The molecule has 1 aromatic rings. The second-order valence-corrected chi connectivity index (χ2v) is 5.87. The van der Waals surface area contributed by atoms with Crippen molar-refractivity contribution < 1.29 is 0 Å². The van der Waals surface area contributed by atoms with Gasteiger partial charge in [0.2, 0.25) is 0 Å². The zero-order valence-corrected chi connectivity index (χ0v) is 11.2. The van der Waals surface area contributed by atoms with Gasteiger partial charge in [-0.2, -0.15) is 0 Å². The first kappa shape index (κ1) is 12.6. The van der Waals surface area contributed by atoms with Gasteiger partial charge >= 0.3 is 0 Å². The van der Waals surface area contributed by atoms with Gasteiger partial charge in [-0.25, -0.2) is 0 Å². The molecule has 0 amide bonds. The summed E-state index contributed by atoms with van der Waals surface area (Å²) in [6.45, 7) is 8.19. The van der Waals surface area contributed by atoms with Gasteiger partial charge in [-0.3, -0.25) is 4.90 Å². The Balaban J connectivity index is 2.13. The number of hydrogen-bond acceptors (Lipinski definition) is 2. The fourth-order valence-corrected chi connectivity index (χ4v) is 2.75. The van der Waals surface area contributed by atoms with Crippen LogP contribution in [0.5, 0.6) is 0 Å². The zero-order valence-electron chi connectivity index (χ0n) is 11.2. The van der Waals surface area contributed by atoms with Gasteiger partial charge < -0.3 is 5.32 Å². The van der Waals surface area contributed by atoms with Crippen molar-refractivity contribution in [2.45, 2.75) is 26.3 Å². The van der Waals surface area contributed by atoms with Gasteiger partial charge in [0.1, 0.15) is 0 Å². The van der Waals surface area contributed by atoms with Crippen molar-refractivity contribution in [2.75, 3.05) is 26.7 Å². The van der Waals surface area contributed by atoms with Gasteiger partial charge in [-0.05, 0) is 31.0 Å². The molecule has 0 radical (unpaired) electrons. The highest BCUT2D eigenvalue weighted by Gasteiger charge is 2.33. The molecule has 0 saturated carbocycles. The predicted molar refractivity (Wildman–Crippen MR) is 73.1 cm³/mol. The van der Waals surface area contributed by atoms with Gasteiger partial charge in [-0.15, -0.1) is 0 Å². The van der Waals surface area contributed by atoms with Crippen LogP contribution in [0.4, 0.5) is 0 Å². The van der Waals surface area contributed by atoms with Crippen LogP contribution in [-0.2, 0) is 0 Å². The number of rotatable bonds is 4. The largest absolute Gasteiger partial charge is 0.318 e. The molecule has 0 aliphatic carbocycles. The third-order valence-electron chi connectivity index (χ3n) is 3.73. The fraction of sp³-hybridized carbons (Fsp3) is 0.600. The van der Waals surface area contributed by atoms with Gasteiger partial charge in [0.05, 0.1) is 0 Å². The highest BCUT2D eigenvalue weighted by molar-refractivity contribution is 5.20. The lowest BCUT2D eigenvalue weighted by molar-refractivity contribution is 0.216. The van der Waals surface area contributed by atoms with Crippen molar-refractivity contribution in [2.24, 2.45) is 5.41 Å². The SMILES string of the molecule is CNCC(c1ccccc1)N1CCC(C)(C)C1. The molecule has 2 rings (SSSR count). The molecule has 1 saturated heterocycles. The van der Waals surface area contributed by atoms with Gasteiger partial charge in [0.25, 0.3) is 0 Å². The maximum Gasteiger partial charge on any atom is 0.0472 e. The molecule has 1 aliphatic heterocycles. The topological polar surface area (TPSA) is 15.3 Å². The molecule has 1 atom stereocenters. The Hall–Kier alpha value is -0.860. The average molecular weight is 232 g/mol. The van der Waals surface area contributed by atoms with Crippen molar-refractivity contribution in [1.29, 1.82) is 0 Å². The number of hydrogen-bond donors (Lipinski definition) is 1. The number of benzene rings is 1. The van der Waals surface area contributed by atoms with Crippen LogP contribution in [-0.4, -0.2) is 31.6 Å². The van der Waals surface area contributed by atoms with Crippen molar-refractivity contribution in [3.8, 4) is 0 Å². The molecule has 94 valence electrons. The molecular weight excluding hydrogens is 208 g/mol. The minimum atomic E-state index is 0.473. The molecule has 1 aliphatic rings. The first-order valence-electron chi connectivity index (χ1n) is 6.56. The molecule has 1 aromatic carbocycles. The average Bonchev–Trinajstić information content (AvgIpc) is 2.67. The van der Waals surface area contributed by atoms with Crippen LogP contribution in [0.2, 0.25) is 0 Å². The molecule has 0 spiro atoms. The highest BCUT2D eigenvalue weighted by atomic mass is 15.2. The van der Waals surface area contributed by atoms with Crippen LogP contribution in [0.1, 0.15) is 31.9 Å². The van der Waals surface area contributed by atoms with Crippen LogP contribution in [0.25, 0.3) is 0 Å². The Bertz CT molecular complexity index is 345. The standard InChI is InChI=1S/C15H24N2/c1-15(2)9-10-17(12-15)14(11-16-3)13-7-5-4-6-8-13/h4-8,14,16H,9-12H2,1-3H3. The third-order valence-corrected chi connectivity index (χ3v) is 3.73. The summed E-state index contributed by atoms with van der Waals surface area (Å²) in [6.07, 6.45) is 1.31. The second kappa shape index (κ2) is 5.19. The van der Waals surface area contributed by atoms with E-state index < -0.39 is 0 Å².